The molecule has 0 unspecified atom stereocenters. The number of ketones is 1. The Morgan fingerprint density at radius 2 is 1.16 bits per heavy atom. The lowest BCUT2D eigenvalue weighted by Gasteiger charge is -2.04. The summed E-state index contributed by atoms with van der Waals surface area (Å²) < 4.78 is 0. The van der Waals surface area contributed by atoms with Gasteiger partial charge in [-0.1, -0.05) is 96.1 Å². The lowest BCUT2D eigenvalue weighted by Crippen LogP contribution is -2.02. The van der Waals surface area contributed by atoms with Gasteiger partial charge in [0, 0.05) is 12.8 Å². The van der Waals surface area contributed by atoms with E-state index in [0.29, 0.717) is 18.6 Å². The van der Waals surface area contributed by atoms with E-state index in [0.717, 1.165) is 12.0 Å². The molecule has 0 radical (unpaired) electrons. The van der Waals surface area contributed by atoms with Crippen LogP contribution in [0.25, 0.3) is 0 Å². The van der Waals surface area contributed by atoms with Crippen LogP contribution in [0.4, 0.5) is 0 Å². The third-order valence-corrected chi connectivity index (χ3v) is 4.90. The third-order valence-electron chi connectivity index (χ3n) is 4.90. The van der Waals surface area contributed by atoms with Gasteiger partial charge in [-0.3, -0.25) is 4.79 Å². The zero-order chi connectivity index (χ0) is 18.2. The molecule has 1 aromatic carbocycles. The molecule has 2 nitrogen and oxygen atoms in total. The van der Waals surface area contributed by atoms with Gasteiger partial charge in [-0.2, -0.15) is 0 Å². The Bertz CT molecular complexity index is 436. The third kappa shape index (κ3) is 12.7. The number of carbonyl (C=O) groups is 1. The van der Waals surface area contributed by atoms with Crippen molar-refractivity contribution < 1.29 is 9.90 Å². The molecule has 0 aliphatic carbocycles. The van der Waals surface area contributed by atoms with Crippen LogP contribution < -0.4 is 0 Å². The van der Waals surface area contributed by atoms with Crippen LogP contribution in [-0.4, -0.2) is 10.9 Å². The summed E-state index contributed by atoms with van der Waals surface area (Å²) in [7, 11) is 0. The molecule has 0 fully saturated rings. The molecule has 0 saturated carbocycles. The number of Topliss-reactive ketones (excluding diaryl/α,β-unsaturated/α-hetero) is 1. The molecule has 0 bridgehead atoms. The second-order valence-corrected chi connectivity index (χ2v) is 7.37. The Kier molecular flexibility index (Phi) is 13.0. The van der Waals surface area contributed by atoms with Crippen LogP contribution >= 0.6 is 0 Å². The molecule has 1 N–H and O–H groups in total. The number of rotatable bonds is 16. The molecule has 0 atom stereocenters. The van der Waals surface area contributed by atoms with Gasteiger partial charge in [-0.25, -0.2) is 0 Å². The average Bonchev–Trinajstić information content (AvgIpc) is 2.61. The van der Waals surface area contributed by atoms with Gasteiger partial charge >= 0.3 is 0 Å². The SMILES string of the molecule is CCCCCCCCCCCCCCCC(=O)Cc1ccc(O)cc1. The largest absolute Gasteiger partial charge is 0.508 e. The van der Waals surface area contributed by atoms with Crippen molar-refractivity contribution in [2.45, 2.75) is 103 Å². The van der Waals surface area contributed by atoms with E-state index >= 15 is 0 Å². The summed E-state index contributed by atoms with van der Waals surface area (Å²) in [5.41, 5.74) is 0.998. The first kappa shape index (κ1) is 21.7. The zero-order valence-corrected chi connectivity index (χ0v) is 16.3. The second kappa shape index (κ2) is 15.0. The predicted octanol–water partition coefficient (Wildman–Crippen LogP) is 6.99. The summed E-state index contributed by atoms with van der Waals surface area (Å²) >= 11 is 0. The van der Waals surface area contributed by atoms with Crippen LogP contribution in [0.5, 0.6) is 5.75 Å². The van der Waals surface area contributed by atoms with Crippen LogP contribution in [0.15, 0.2) is 24.3 Å². The number of aromatic hydroxyl groups is 1. The number of phenols is 1. The number of unbranched alkanes of at least 4 members (excludes halogenated alkanes) is 12. The lowest BCUT2D eigenvalue weighted by atomic mass is 10.0. The predicted molar refractivity (Wildman–Crippen MR) is 107 cm³/mol. The van der Waals surface area contributed by atoms with E-state index in [1.807, 2.05) is 12.1 Å². The average molecular weight is 347 g/mol. The number of carbonyl (C=O) groups excluding carboxylic acids is 1. The van der Waals surface area contributed by atoms with Crippen molar-refractivity contribution in [3.63, 3.8) is 0 Å². The molecule has 0 aliphatic rings. The van der Waals surface area contributed by atoms with Crippen molar-refractivity contribution in [3.05, 3.63) is 29.8 Å². The van der Waals surface area contributed by atoms with Gasteiger partial charge < -0.3 is 5.11 Å². The first-order valence-electron chi connectivity index (χ1n) is 10.5. The van der Waals surface area contributed by atoms with Crippen LogP contribution in [0.2, 0.25) is 0 Å². The minimum atomic E-state index is 0.257. The first-order chi connectivity index (χ1) is 12.2. The second-order valence-electron chi connectivity index (χ2n) is 7.37. The highest BCUT2D eigenvalue weighted by molar-refractivity contribution is 5.80. The fourth-order valence-electron chi connectivity index (χ4n) is 3.27. The van der Waals surface area contributed by atoms with Crippen molar-refractivity contribution in [2.75, 3.05) is 0 Å². The minimum Gasteiger partial charge on any atom is -0.508 e. The van der Waals surface area contributed by atoms with Crippen LogP contribution in [0, 0.1) is 0 Å². The molecule has 0 saturated heterocycles. The van der Waals surface area contributed by atoms with Gasteiger partial charge in [0.1, 0.15) is 11.5 Å². The normalized spacial score (nSPS) is 10.9. The van der Waals surface area contributed by atoms with Crippen LogP contribution in [-0.2, 0) is 11.2 Å². The van der Waals surface area contributed by atoms with Gasteiger partial charge in [0.2, 0.25) is 0 Å². The van der Waals surface area contributed by atoms with E-state index in [1.165, 1.54) is 77.0 Å². The topological polar surface area (TPSA) is 37.3 Å². The van der Waals surface area contributed by atoms with E-state index in [-0.39, 0.29) is 5.75 Å². The fourth-order valence-corrected chi connectivity index (χ4v) is 3.27. The molecule has 1 rings (SSSR count). The summed E-state index contributed by atoms with van der Waals surface area (Å²) in [6.07, 6.45) is 18.5. The fraction of sp³-hybridized carbons (Fsp3) is 0.696. The van der Waals surface area contributed by atoms with Gasteiger partial charge in [-0.15, -0.1) is 0 Å². The Balaban J connectivity index is 1.85. The summed E-state index contributed by atoms with van der Waals surface area (Å²) in [6, 6.07) is 6.95. The van der Waals surface area contributed by atoms with Crippen molar-refractivity contribution in [3.8, 4) is 5.75 Å². The first-order valence-corrected chi connectivity index (χ1v) is 10.5. The molecule has 0 aromatic heterocycles. The quantitative estimate of drug-likeness (QED) is 0.328. The Morgan fingerprint density at radius 3 is 1.64 bits per heavy atom. The summed E-state index contributed by atoms with van der Waals surface area (Å²) in [4.78, 5) is 11.9. The molecule has 2 heteroatoms. The maximum Gasteiger partial charge on any atom is 0.137 e. The van der Waals surface area contributed by atoms with Crippen molar-refractivity contribution in [1.29, 1.82) is 0 Å². The zero-order valence-electron chi connectivity index (χ0n) is 16.3. The molecule has 1 aromatic rings. The van der Waals surface area contributed by atoms with E-state index in [1.54, 1.807) is 12.1 Å². The Hall–Kier alpha value is -1.31. The number of phenolic OH excluding ortho intramolecular Hbond substituents is 1. The van der Waals surface area contributed by atoms with Gasteiger partial charge in [0.05, 0.1) is 0 Å². The standard InChI is InChI=1S/C23H38O2/c1-2-3-4-5-6-7-8-9-10-11-12-13-14-15-23(25)20-21-16-18-22(24)19-17-21/h16-19,24H,2-15,20H2,1H3. The molecule has 25 heavy (non-hydrogen) atoms. The van der Waals surface area contributed by atoms with Crippen molar-refractivity contribution in [2.24, 2.45) is 0 Å². The number of benzene rings is 1. The molecule has 0 spiro atoms. The van der Waals surface area contributed by atoms with Crippen LogP contribution in [0.1, 0.15) is 102 Å². The van der Waals surface area contributed by atoms with Gasteiger partial charge in [0.15, 0.2) is 0 Å². The maximum absolute atomic E-state index is 11.9. The molecular formula is C23H38O2. The van der Waals surface area contributed by atoms with Gasteiger partial charge in [-0.05, 0) is 24.1 Å². The van der Waals surface area contributed by atoms with E-state index in [2.05, 4.69) is 6.92 Å². The van der Waals surface area contributed by atoms with Crippen LogP contribution in [0.3, 0.4) is 0 Å². The summed E-state index contributed by atoms with van der Waals surface area (Å²) in [5.74, 6) is 0.571. The van der Waals surface area contributed by atoms with Crippen molar-refractivity contribution in [1.82, 2.24) is 0 Å². The highest BCUT2D eigenvalue weighted by atomic mass is 16.3. The monoisotopic (exact) mass is 346 g/mol. The molecular weight excluding hydrogens is 308 g/mol. The molecule has 0 amide bonds. The summed E-state index contributed by atoms with van der Waals surface area (Å²) in [5, 5.41) is 9.24. The highest BCUT2D eigenvalue weighted by Gasteiger charge is 2.04. The smallest absolute Gasteiger partial charge is 0.137 e. The minimum absolute atomic E-state index is 0.257. The van der Waals surface area contributed by atoms with Crippen molar-refractivity contribution >= 4 is 5.78 Å². The highest BCUT2D eigenvalue weighted by Crippen LogP contribution is 2.14. The van der Waals surface area contributed by atoms with E-state index in [4.69, 9.17) is 0 Å². The molecule has 142 valence electrons. The van der Waals surface area contributed by atoms with E-state index in [9.17, 15) is 9.90 Å². The van der Waals surface area contributed by atoms with E-state index < -0.39 is 0 Å². The Morgan fingerprint density at radius 1 is 0.720 bits per heavy atom. The maximum atomic E-state index is 11.9. The molecule has 0 heterocycles. The summed E-state index contributed by atoms with van der Waals surface area (Å²) in [6.45, 7) is 2.27. The van der Waals surface area contributed by atoms with Gasteiger partial charge in [0.25, 0.3) is 0 Å². The Labute approximate surface area is 155 Å². The number of hydrogen-bond donors (Lipinski definition) is 1. The lowest BCUT2D eigenvalue weighted by molar-refractivity contribution is -0.118. The number of hydrogen-bond acceptors (Lipinski definition) is 2. The molecule has 0 aliphatic heterocycles.